The summed E-state index contributed by atoms with van der Waals surface area (Å²) in [5.41, 5.74) is 7.55. The van der Waals surface area contributed by atoms with Crippen molar-refractivity contribution in [1.29, 1.82) is 0 Å². The van der Waals surface area contributed by atoms with Crippen molar-refractivity contribution in [1.82, 2.24) is 10.1 Å². The zero-order valence-corrected chi connectivity index (χ0v) is 8.92. The smallest absolute Gasteiger partial charge is 0.257 e. The third kappa shape index (κ3) is 2.10. The molecule has 3 N–H and O–H groups in total. The molecule has 1 aromatic carbocycles. The van der Waals surface area contributed by atoms with Crippen LogP contribution in [0, 0.1) is 6.92 Å². The minimum atomic E-state index is -0.595. The van der Waals surface area contributed by atoms with Gasteiger partial charge in [-0.25, -0.2) is 0 Å². The molecule has 0 aliphatic rings. The Balaban J connectivity index is 2.31. The van der Waals surface area contributed by atoms with Gasteiger partial charge in [0, 0.05) is 5.56 Å². The molecule has 84 valence electrons. The molecule has 0 bridgehead atoms. The third-order valence-corrected chi connectivity index (χ3v) is 2.24. The van der Waals surface area contributed by atoms with Crippen LogP contribution in [-0.4, -0.2) is 21.9 Å². The van der Waals surface area contributed by atoms with Crippen molar-refractivity contribution in [3.63, 3.8) is 0 Å². The van der Waals surface area contributed by atoms with Gasteiger partial charge in [0.2, 0.25) is 0 Å². The van der Waals surface area contributed by atoms with E-state index in [0.717, 1.165) is 11.1 Å². The van der Waals surface area contributed by atoms with Crippen LogP contribution in [-0.2, 0) is 0 Å². The zero-order chi connectivity index (χ0) is 11.5. The first kappa shape index (κ1) is 10.8. The number of aromatic nitrogens is 2. The van der Waals surface area contributed by atoms with Gasteiger partial charge in [0.25, 0.3) is 5.89 Å². The maximum absolute atomic E-state index is 8.87. The molecule has 0 saturated heterocycles. The molecule has 1 aromatic heterocycles. The van der Waals surface area contributed by atoms with Gasteiger partial charge in [-0.3, -0.25) is 0 Å². The summed E-state index contributed by atoms with van der Waals surface area (Å²) in [6.07, 6.45) is 0. The Labute approximate surface area is 92.9 Å². The fraction of sp³-hybridized carbons (Fsp3) is 0.273. The summed E-state index contributed by atoms with van der Waals surface area (Å²) in [6, 6.07) is 7.14. The lowest BCUT2D eigenvalue weighted by Crippen LogP contribution is -2.15. The van der Waals surface area contributed by atoms with E-state index in [-0.39, 0.29) is 6.61 Å². The average Bonchev–Trinajstić information content (AvgIpc) is 2.77. The molecule has 16 heavy (non-hydrogen) atoms. The van der Waals surface area contributed by atoms with Gasteiger partial charge >= 0.3 is 0 Å². The van der Waals surface area contributed by atoms with Gasteiger partial charge in [-0.05, 0) is 19.1 Å². The Hall–Kier alpha value is -1.72. The molecule has 0 aliphatic heterocycles. The van der Waals surface area contributed by atoms with Gasteiger partial charge in [-0.1, -0.05) is 22.9 Å². The van der Waals surface area contributed by atoms with Crippen LogP contribution in [0.15, 0.2) is 28.8 Å². The summed E-state index contributed by atoms with van der Waals surface area (Å²) < 4.78 is 5.08. The first-order valence-corrected chi connectivity index (χ1v) is 4.98. The van der Waals surface area contributed by atoms with Crippen LogP contribution in [0.5, 0.6) is 0 Å². The van der Waals surface area contributed by atoms with Crippen LogP contribution in [0.4, 0.5) is 0 Å². The quantitative estimate of drug-likeness (QED) is 0.805. The maximum Gasteiger partial charge on any atom is 0.257 e. The summed E-state index contributed by atoms with van der Waals surface area (Å²) >= 11 is 0. The van der Waals surface area contributed by atoms with Crippen LogP contribution in [0.1, 0.15) is 17.4 Å². The number of rotatable bonds is 3. The van der Waals surface area contributed by atoms with E-state index in [1.807, 2.05) is 31.2 Å². The van der Waals surface area contributed by atoms with Crippen molar-refractivity contribution in [3.8, 4) is 11.5 Å². The van der Waals surface area contributed by atoms with E-state index in [4.69, 9.17) is 15.4 Å². The summed E-state index contributed by atoms with van der Waals surface area (Å²) in [4.78, 5) is 4.13. The molecule has 0 amide bonds. The Morgan fingerprint density at radius 1 is 1.50 bits per heavy atom. The fourth-order valence-electron chi connectivity index (χ4n) is 1.36. The molecule has 5 heteroatoms. The van der Waals surface area contributed by atoms with E-state index >= 15 is 0 Å². The molecule has 0 aliphatic carbocycles. The number of aliphatic hydroxyl groups excluding tert-OH is 1. The predicted molar refractivity (Wildman–Crippen MR) is 58.5 cm³/mol. The lowest BCUT2D eigenvalue weighted by Gasteiger charge is -1.99. The molecule has 1 unspecified atom stereocenters. The predicted octanol–water partition coefficient (Wildman–Crippen LogP) is 1.04. The van der Waals surface area contributed by atoms with E-state index in [9.17, 15) is 0 Å². The van der Waals surface area contributed by atoms with Gasteiger partial charge in [0.15, 0.2) is 5.82 Å². The van der Waals surface area contributed by atoms with Crippen molar-refractivity contribution in [2.45, 2.75) is 13.0 Å². The van der Waals surface area contributed by atoms with E-state index in [1.54, 1.807) is 0 Å². The van der Waals surface area contributed by atoms with Crippen LogP contribution in [0.25, 0.3) is 11.5 Å². The van der Waals surface area contributed by atoms with E-state index < -0.39 is 6.04 Å². The molecule has 0 saturated carbocycles. The first-order chi connectivity index (χ1) is 7.70. The van der Waals surface area contributed by atoms with Crippen molar-refractivity contribution < 1.29 is 9.63 Å². The first-order valence-electron chi connectivity index (χ1n) is 4.98. The zero-order valence-electron chi connectivity index (χ0n) is 8.92. The molecule has 1 heterocycles. The van der Waals surface area contributed by atoms with Gasteiger partial charge in [0.05, 0.1) is 12.6 Å². The molecule has 2 rings (SSSR count). The number of hydrogen-bond donors (Lipinski definition) is 2. The minimum absolute atomic E-state index is 0.202. The van der Waals surface area contributed by atoms with Gasteiger partial charge in [-0.2, -0.15) is 4.98 Å². The molecular weight excluding hydrogens is 206 g/mol. The topological polar surface area (TPSA) is 85.2 Å². The summed E-state index contributed by atoms with van der Waals surface area (Å²) in [7, 11) is 0. The van der Waals surface area contributed by atoms with E-state index in [1.165, 1.54) is 0 Å². The molecular formula is C11H13N3O2. The fourth-order valence-corrected chi connectivity index (χ4v) is 1.36. The lowest BCUT2D eigenvalue weighted by molar-refractivity contribution is 0.260. The number of aryl methyl sites for hydroxylation is 1. The number of benzene rings is 1. The number of aliphatic hydroxyl groups is 1. The van der Waals surface area contributed by atoms with Crippen molar-refractivity contribution in [2.75, 3.05) is 6.61 Å². The lowest BCUT2D eigenvalue weighted by atomic mass is 10.1. The molecule has 0 radical (unpaired) electrons. The van der Waals surface area contributed by atoms with Crippen molar-refractivity contribution in [3.05, 3.63) is 35.7 Å². The highest BCUT2D eigenvalue weighted by atomic mass is 16.5. The molecule has 0 fully saturated rings. The Bertz CT molecular complexity index is 482. The second kappa shape index (κ2) is 4.42. The standard InChI is InChI=1S/C11H13N3O2/c1-7-3-2-4-8(5-7)11-13-10(14-16-11)9(12)6-15/h2-5,9,15H,6,12H2,1H3. The summed E-state index contributed by atoms with van der Waals surface area (Å²) in [5, 5.41) is 12.6. The number of nitrogens with two attached hydrogens (primary N) is 1. The van der Waals surface area contributed by atoms with Crippen LogP contribution < -0.4 is 5.73 Å². The second-order valence-electron chi connectivity index (χ2n) is 3.62. The molecule has 2 aromatic rings. The highest BCUT2D eigenvalue weighted by Gasteiger charge is 2.14. The second-order valence-corrected chi connectivity index (χ2v) is 3.62. The largest absolute Gasteiger partial charge is 0.394 e. The van der Waals surface area contributed by atoms with Crippen LogP contribution in [0.2, 0.25) is 0 Å². The highest BCUT2D eigenvalue weighted by Crippen LogP contribution is 2.19. The van der Waals surface area contributed by atoms with E-state index in [2.05, 4.69) is 10.1 Å². The van der Waals surface area contributed by atoms with Crippen LogP contribution >= 0.6 is 0 Å². The minimum Gasteiger partial charge on any atom is -0.394 e. The van der Waals surface area contributed by atoms with Gasteiger partial charge in [-0.15, -0.1) is 0 Å². The SMILES string of the molecule is Cc1cccc(-c2nc(C(N)CO)no2)c1. The third-order valence-electron chi connectivity index (χ3n) is 2.24. The molecule has 5 nitrogen and oxygen atoms in total. The number of hydrogen-bond acceptors (Lipinski definition) is 5. The highest BCUT2D eigenvalue weighted by molar-refractivity contribution is 5.53. The molecule has 0 spiro atoms. The summed E-state index contributed by atoms with van der Waals surface area (Å²) in [5.74, 6) is 0.738. The van der Waals surface area contributed by atoms with E-state index in [0.29, 0.717) is 11.7 Å². The van der Waals surface area contributed by atoms with Crippen LogP contribution in [0.3, 0.4) is 0 Å². The maximum atomic E-state index is 8.87. The Morgan fingerprint density at radius 3 is 3.00 bits per heavy atom. The average molecular weight is 219 g/mol. The monoisotopic (exact) mass is 219 g/mol. The summed E-state index contributed by atoms with van der Waals surface area (Å²) in [6.45, 7) is 1.78. The van der Waals surface area contributed by atoms with Gasteiger partial charge in [0.1, 0.15) is 0 Å². The normalized spacial score (nSPS) is 12.7. The number of nitrogens with zero attached hydrogens (tertiary/aromatic N) is 2. The Morgan fingerprint density at radius 2 is 2.31 bits per heavy atom. The van der Waals surface area contributed by atoms with Gasteiger partial charge < -0.3 is 15.4 Å². The van der Waals surface area contributed by atoms with Crippen molar-refractivity contribution >= 4 is 0 Å². The van der Waals surface area contributed by atoms with Crippen molar-refractivity contribution in [2.24, 2.45) is 5.73 Å². The Kier molecular flexibility index (Phi) is 2.98. The molecule has 1 atom stereocenters.